The van der Waals surface area contributed by atoms with Crippen molar-refractivity contribution in [2.24, 2.45) is 5.92 Å². The van der Waals surface area contributed by atoms with Crippen LogP contribution in [0.15, 0.2) is 0 Å². The van der Waals surface area contributed by atoms with Gasteiger partial charge in [0, 0.05) is 39.4 Å². The highest BCUT2D eigenvalue weighted by Gasteiger charge is 2.13. The van der Waals surface area contributed by atoms with E-state index in [4.69, 9.17) is 4.74 Å². The maximum atomic E-state index is 5.58. The highest BCUT2D eigenvalue weighted by molar-refractivity contribution is 4.70. The lowest BCUT2D eigenvalue weighted by Crippen LogP contribution is -2.31. The lowest BCUT2D eigenvalue weighted by molar-refractivity contribution is 0.117. The summed E-state index contributed by atoms with van der Waals surface area (Å²) < 4.78 is 5.58. The van der Waals surface area contributed by atoms with Crippen molar-refractivity contribution in [3.8, 4) is 0 Å². The Kier molecular flexibility index (Phi) is 7.81. The van der Waals surface area contributed by atoms with E-state index < -0.39 is 0 Å². The SMILES string of the molecule is CCCCOCCCN1CCNCC(C)C1. The Hall–Kier alpha value is -0.120. The van der Waals surface area contributed by atoms with Crippen molar-refractivity contribution in [3.63, 3.8) is 0 Å². The van der Waals surface area contributed by atoms with Gasteiger partial charge in [-0.15, -0.1) is 0 Å². The van der Waals surface area contributed by atoms with Crippen molar-refractivity contribution in [1.82, 2.24) is 10.2 Å². The first-order valence-corrected chi connectivity index (χ1v) is 6.83. The second-order valence-electron chi connectivity index (χ2n) is 4.93. The molecule has 0 aromatic rings. The minimum absolute atomic E-state index is 0.781. The zero-order chi connectivity index (χ0) is 11.6. The molecular formula is C13H28N2O. The molecule has 16 heavy (non-hydrogen) atoms. The summed E-state index contributed by atoms with van der Waals surface area (Å²) in [4.78, 5) is 2.56. The number of ether oxygens (including phenoxy) is 1. The van der Waals surface area contributed by atoms with Gasteiger partial charge in [-0.1, -0.05) is 20.3 Å². The molecule has 1 heterocycles. The predicted octanol–water partition coefficient (Wildman–Crippen LogP) is 1.73. The molecule has 1 N–H and O–H groups in total. The Labute approximate surface area is 101 Å². The van der Waals surface area contributed by atoms with Crippen LogP contribution >= 0.6 is 0 Å². The molecule has 1 atom stereocenters. The first kappa shape index (κ1) is 13.9. The summed E-state index contributed by atoms with van der Waals surface area (Å²) in [5, 5.41) is 3.47. The first-order chi connectivity index (χ1) is 7.83. The molecule has 0 aromatic heterocycles. The van der Waals surface area contributed by atoms with Crippen LogP contribution in [0, 0.1) is 5.92 Å². The van der Waals surface area contributed by atoms with Gasteiger partial charge in [-0.2, -0.15) is 0 Å². The van der Waals surface area contributed by atoms with Crippen molar-refractivity contribution in [2.75, 3.05) is 45.9 Å². The largest absolute Gasteiger partial charge is 0.381 e. The molecule has 1 saturated heterocycles. The third kappa shape index (κ3) is 6.46. The fraction of sp³-hybridized carbons (Fsp3) is 1.00. The fourth-order valence-electron chi connectivity index (χ4n) is 2.12. The van der Waals surface area contributed by atoms with Gasteiger partial charge in [0.2, 0.25) is 0 Å². The molecule has 1 fully saturated rings. The molecule has 1 unspecified atom stereocenters. The highest BCUT2D eigenvalue weighted by atomic mass is 16.5. The van der Waals surface area contributed by atoms with Gasteiger partial charge in [0.15, 0.2) is 0 Å². The molecular weight excluding hydrogens is 200 g/mol. The molecule has 1 rings (SSSR count). The van der Waals surface area contributed by atoms with E-state index in [0.717, 1.165) is 25.7 Å². The van der Waals surface area contributed by atoms with Crippen LogP contribution in [0.3, 0.4) is 0 Å². The Balaban J connectivity index is 1.98. The molecule has 0 spiro atoms. The average Bonchev–Trinajstić information content (AvgIpc) is 2.48. The van der Waals surface area contributed by atoms with E-state index in [1.54, 1.807) is 0 Å². The highest BCUT2D eigenvalue weighted by Crippen LogP contribution is 2.03. The maximum Gasteiger partial charge on any atom is 0.0478 e. The van der Waals surface area contributed by atoms with Gasteiger partial charge in [0.05, 0.1) is 0 Å². The van der Waals surface area contributed by atoms with Gasteiger partial charge < -0.3 is 15.0 Å². The minimum Gasteiger partial charge on any atom is -0.381 e. The molecule has 0 radical (unpaired) electrons. The standard InChI is InChI=1S/C13H28N2O/c1-3-4-9-16-10-5-7-15-8-6-14-11-13(2)12-15/h13-14H,3-12H2,1-2H3. The summed E-state index contributed by atoms with van der Waals surface area (Å²) >= 11 is 0. The number of unbranched alkanes of at least 4 members (excludes halogenated alkanes) is 1. The van der Waals surface area contributed by atoms with Crippen molar-refractivity contribution in [1.29, 1.82) is 0 Å². The Morgan fingerprint density at radius 2 is 2.12 bits per heavy atom. The molecule has 0 aromatic carbocycles. The Morgan fingerprint density at radius 1 is 1.31 bits per heavy atom. The summed E-state index contributed by atoms with van der Waals surface area (Å²) in [6.45, 7) is 12.3. The van der Waals surface area contributed by atoms with Crippen LogP contribution in [0.2, 0.25) is 0 Å². The van der Waals surface area contributed by atoms with E-state index in [0.29, 0.717) is 0 Å². The van der Waals surface area contributed by atoms with E-state index in [-0.39, 0.29) is 0 Å². The molecule has 1 aliphatic rings. The lowest BCUT2D eigenvalue weighted by Gasteiger charge is -2.21. The summed E-state index contributed by atoms with van der Waals surface area (Å²) in [5.74, 6) is 0.781. The van der Waals surface area contributed by atoms with E-state index in [2.05, 4.69) is 24.1 Å². The quantitative estimate of drug-likeness (QED) is 0.672. The number of hydrogen-bond donors (Lipinski definition) is 1. The van der Waals surface area contributed by atoms with Gasteiger partial charge in [-0.05, 0) is 25.3 Å². The molecule has 1 aliphatic heterocycles. The number of hydrogen-bond acceptors (Lipinski definition) is 3. The molecule has 0 amide bonds. The van der Waals surface area contributed by atoms with Crippen LogP contribution in [0.1, 0.15) is 33.1 Å². The van der Waals surface area contributed by atoms with Crippen LogP contribution < -0.4 is 5.32 Å². The van der Waals surface area contributed by atoms with Gasteiger partial charge in [0.1, 0.15) is 0 Å². The van der Waals surface area contributed by atoms with E-state index >= 15 is 0 Å². The predicted molar refractivity (Wildman–Crippen MR) is 68.8 cm³/mol. The first-order valence-electron chi connectivity index (χ1n) is 6.83. The van der Waals surface area contributed by atoms with E-state index in [1.807, 2.05) is 0 Å². The second-order valence-corrected chi connectivity index (χ2v) is 4.93. The minimum atomic E-state index is 0.781. The summed E-state index contributed by atoms with van der Waals surface area (Å²) in [5.41, 5.74) is 0. The number of rotatable bonds is 7. The third-order valence-electron chi connectivity index (χ3n) is 3.07. The summed E-state index contributed by atoms with van der Waals surface area (Å²) in [6.07, 6.45) is 3.61. The normalized spacial score (nSPS) is 23.2. The molecule has 3 heteroatoms. The van der Waals surface area contributed by atoms with Crippen molar-refractivity contribution >= 4 is 0 Å². The number of nitrogens with zero attached hydrogens (tertiary/aromatic N) is 1. The van der Waals surface area contributed by atoms with Crippen LogP contribution in [-0.4, -0.2) is 50.8 Å². The van der Waals surface area contributed by atoms with Crippen molar-refractivity contribution in [2.45, 2.75) is 33.1 Å². The van der Waals surface area contributed by atoms with Gasteiger partial charge in [-0.3, -0.25) is 0 Å². The van der Waals surface area contributed by atoms with Gasteiger partial charge >= 0.3 is 0 Å². The zero-order valence-corrected chi connectivity index (χ0v) is 11.0. The van der Waals surface area contributed by atoms with Crippen LogP contribution in [0.5, 0.6) is 0 Å². The average molecular weight is 228 g/mol. The summed E-state index contributed by atoms with van der Waals surface area (Å²) in [7, 11) is 0. The Bertz CT molecular complexity index is 164. The lowest BCUT2D eigenvalue weighted by atomic mass is 10.2. The van der Waals surface area contributed by atoms with Crippen molar-refractivity contribution < 1.29 is 4.74 Å². The van der Waals surface area contributed by atoms with Crippen LogP contribution in [-0.2, 0) is 4.74 Å². The van der Waals surface area contributed by atoms with E-state index in [1.165, 1.54) is 45.4 Å². The molecule has 0 saturated carbocycles. The molecule has 96 valence electrons. The second kappa shape index (κ2) is 8.97. The topological polar surface area (TPSA) is 24.5 Å². The van der Waals surface area contributed by atoms with E-state index in [9.17, 15) is 0 Å². The smallest absolute Gasteiger partial charge is 0.0478 e. The monoisotopic (exact) mass is 228 g/mol. The molecule has 0 bridgehead atoms. The fourth-order valence-corrected chi connectivity index (χ4v) is 2.12. The van der Waals surface area contributed by atoms with Crippen LogP contribution in [0.25, 0.3) is 0 Å². The van der Waals surface area contributed by atoms with Crippen LogP contribution in [0.4, 0.5) is 0 Å². The van der Waals surface area contributed by atoms with Crippen molar-refractivity contribution in [3.05, 3.63) is 0 Å². The number of nitrogens with one attached hydrogen (secondary N) is 1. The Morgan fingerprint density at radius 3 is 2.94 bits per heavy atom. The van der Waals surface area contributed by atoms with Gasteiger partial charge in [-0.25, -0.2) is 0 Å². The molecule has 0 aliphatic carbocycles. The maximum absolute atomic E-state index is 5.58. The van der Waals surface area contributed by atoms with Gasteiger partial charge in [0.25, 0.3) is 0 Å². The zero-order valence-electron chi connectivity index (χ0n) is 11.0. The summed E-state index contributed by atoms with van der Waals surface area (Å²) in [6, 6.07) is 0. The third-order valence-corrected chi connectivity index (χ3v) is 3.07. The molecule has 3 nitrogen and oxygen atoms in total.